The molecule has 174 valence electrons. The number of aromatic nitrogens is 4. The van der Waals surface area contributed by atoms with Gasteiger partial charge in [-0.05, 0) is 43.3 Å². The minimum absolute atomic E-state index is 0.473. The van der Waals surface area contributed by atoms with Gasteiger partial charge in [0.1, 0.15) is 5.82 Å². The Kier molecular flexibility index (Phi) is 6.77. The van der Waals surface area contributed by atoms with Crippen LogP contribution >= 0.6 is 12.2 Å². The van der Waals surface area contributed by atoms with Gasteiger partial charge >= 0.3 is 0 Å². The summed E-state index contributed by atoms with van der Waals surface area (Å²) in [6.45, 7) is 5.65. The van der Waals surface area contributed by atoms with Gasteiger partial charge in [0.25, 0.3) is 0 Å². The lowest BCUT2D eigenvalue weighted by molar-refractivity contribution is 0.129. The van der Waals surface area contributed by atoms with Crippen LogP contribution in [-0.4, -0.2) is 73.5 Å². The van der Waals surface area contributed by atoms with Crippen molar-refractivity contribution in [3.63, 3.8) is 0 Å². The quantitative estimate of drug-likeness (QED) is 0.374. The van der Waals surface area contributed by atoms with Gasteiger partial charge in [-0.2, -0.15) is 5.10 Å². The van der Waals surface area contributed by atoms with E-state index < -0.39 is 0 Å². The Labute approximate surface area is 199 Å². The van der Waals surface area contributed by atoms with E-state index in [1.165, 1.54) is 25.7 Å². The molecule has 0 amide bonds. The lowest BCUT2D eigenvalue weighted by Gasteiger charge is -2.31. The van der Waals surface area contributed by atoms with Gasteiger partial charge in [0.2, 0.25) is 0 Å². The van der Waals surface area contributed by atoms with Crippen LogP contribution in [0.15, 0.2) is 36.8 Å². The molecule has 9 nitrogen and oxygen atoms in total. The van der Waals surface area contributed by atoms with Crippen LogP contribution in [0.5, 0.6) is 0 Å². The third kappa shape index (κ3) is 5.64. The molecule has 1 aliphatic heterocycles. The van der Waals surface area contributed by atoms with Gasteiger partial charge in [-0.1, -0.05) is 12.8 Å². The number of hydrazine groups is 1. The van der Waals surface area contributed by atoms with E-state index in [2.05, 4.69) is 37.9 Å². The highest BCUT2D eigenvalue weighted by Crippen LogP contribution is 2.23. The fraction of sp³-hybridized carbons (Fsp3) is 0.478. The Hall–Kier alpha value is -2.66. The van der Waals surface area contributed by atoms with E-state index >= 15 is 0 Å². The second-order valence-corrected chi connectivity index (χ2v) is 9.32. The molecule has 1 saturated carbocycles. The number of fused-ring (bicyclic) bond motifs is 1. The number of piperazine rings is 1. The zero-order valence-corrected chi connectivity index (χ0v) is 19.6. The van der Waals surface area contributed by atoms with Crippen LogP contribution in [0.25, 0.3) is 22.2 Å². The highest BCUT2D eigenvalue weighted by atomic mass is 32.1. The first-order valence-electron chi connectivity index (χ1n) is 11.7. The summed E-state index contributed by atoms with van der Waals surface area (Å²) in [6, 6.07) is 6.42. The number of rotatable bonds is 6. The van der Waals surface area contributed by atoms with Gasteiger partial charge in [-0.25, -0.2) is 9.99 Å². The number of nitrogens with zero attached hydrogens (tertiary/aromatic N) is 6. The molecule has 4 heterocycles. The van der Waals surface area contributed by atoms with Crippen molar-refractivity contribution in [2.45, 2.75) is 38.3 Å². The number of pyridine rings is 2. The van der Waals surface area contributed by atoms with E-state index in [-0.39, 0.29) is 0 Å². The molecule has 3 aromatic heterocycles. The summed E-state index contributed by atoms with van der Waals surface area (Å²) >= 11 is 5.48. The minimum atomic E-state index is 0.473. The van der Waals surface area contributed by atoms with Gasteiger partial charge < -0.3 is 10.6 Å². The molecule has 0 bridgehead atoms. The van der Waals surface area contributed by atoms with Gasteiger partial charge in [-0.3, -0.25) is 20.4 Å². The van der Waals surface area contributed by atoms with Crippen molar-refractivity contribution in [3.8, 4) is 11.1 Å². The third-order valence-electron chi connectivity index (χ3n) is 6.49. The van der Waals surface area contributed by atoms with Gasteiger partial charge in [0.15, 0.2) is 5.11 Å². The van der Waals surface area contributed by atoms with E-state index in [4.69, 9.17) is 23.0 Å². The van der Waals surface area contributed by atoms with E-state index in [9.17, 15) is 0 Å². The minimum Gasteiger partial charge on any atom is -0.360 e. The largest absolute Gasteiger partial charge is 0.360 e. The molecule has 0 unspecified atom stereocenters. The molecule has 10 heteroatoms. The second-order valence-electron chi connectivity index (χ2n) is 8.91. The number of hydrogen-bond acceptors (Lipinski definition) is 7. The van der Waals surface area contributed by atoms with Crippen molar-refractivity contribution in [2.75, 3.05) is 38.0 Å². The summed E-state index contributed by atoms with van der Waals surface area (Å²) in [5.41, 5.74) is 3.72. The van der Waals surface area contributed by atoms with E-state index in [1.807, 2.05) is 34.2 Å². The average molecular weight is 466 g/mol. The molecule has 2 fully saturated rings. The predicted molar refractivity (Wildman–Crippen MR) is 135 cm³/mol. The third-order valence-corrected chi connectivity index (χ3v) is 6.71. The fourth-order valence-electron chi connectivity index (χ4n) is 4.51. The lowest BCUT2D eigenvalue weighted by atomic mass is 10.1. The molecule has 33 heavy (non-hydrogen) atoms. The topological polar surface area (TPSA) is 100 Å². The number of anilines is 1. The van der Waals surface area contributed by atoms with Crippen molar-refractivity contribution in [2.24, 2.45) is 5.84 Å². The van der Waals surface area contributed by atoms with Crippen LogP contribution < -0.4 is 16.5 Å². The summed E-state index contributed by atoms with van der Waals surface area (Å²) < 4.78 is 1.99. The molecule has 0 aromatic carbocycles. The zero-order chi connectivity index (χ0) is 22.6. The monoisotopic (exact) mass is 465 g/mol. The Morgan fingerprint density at radius 3 is 2.67 bits per heavy atom. The van der Waals surface area contributed by atoms with Crippen LogP contribution in [0.4, 0.5) is 5.82 Å². The van der Waals surface area contributed by atoms with Crippen LogP contribution in [-0.2, 0) is 6.54 Å². The Balaban J connectivity index is 1.23. The summed E-state index contributed by atoms with van der Waals surface area (Å²) in [6.07, 6.45) is 10.7. The van der Waals surface area contributed by atoms with Crippen LogP contribution in [0.1, 0.15) is 25.7 Å². The Morgan fingerprint density at radius 1 is 1.03 bits per heavy atom. The molecule has 3 aromatic rings. The number of nitrogens with one attached hydrogen (secondary N) is 2. The fourth-order valence-corrected chi connectivity index (χ4v) is 4.78. The molecule has 4 N–H and O–H groups in total. The molecule has 5 rings (SSSR count). The normalized spacial score (nSPS) is 18.1. The van der Waals surface area contributed by atoms with Gasteiger partial charge in [-0.15, -0.1) is 0 Å². The first-order valence-corrected chi connectivity index (χ1v) is 12.1. The molecular weight excluding hydrogens is 434 g/mol. The number of hydrogen-bond donors (Lipinski definition) is 3. The Morgan fingerprint density at radius 2 is 1.85 bits per heavy atom. The molecule has 2 aliphatic rings. The predicted octanol–water partition coefficient (Wildman–Crippen LogP) is 2.21. The van der Waals surface area contributed by atoms with Crippen LogP contribution in [0.2, 0.25) is 0 Å². The SMILES string of the molecule is NN1CCN(CCn2cc(-c3cnc4ccc(NC(=S)NC5CCCC5)nc4c3)cn2)CC1. The second kappa shape index (κ2) is 10.1. The Bertz CT molecular complexity index is 1100. The van der Waals surface area contributed by atoms with Crippen molar-refractivity contribution < 1.29 is 0 Å². The molecule has 1 saturated heterocycles. The molecule has 0 spiro atoms. The molecular formula is C23H31N9S. The summed E-state index contributed by atoms with van der Waals surface area (Å²) in [4.78, 5) is 11.8. The first kappa shape index (κ1) is 22.1. The number of thiocarbonyl (C=S) groups is 1. The highest BCUT2D eigenvalue weighted by molar-refractivity contribution is 7.80. The molecule has 1 aliphatic carbocycles. The van der Waals surface area contributed by atoms with Crippen molar-refractivity contribution >= 4 is 34.2 Å². The van der Waals surface area contributed by atoms with Crippen molar-refractivity contribution in [3.05, 3.63) is 36.8 Å². The van der Waals surface area contributed by atoms with Crippen LogP contribution in [0.3, 0.4) is 0 Å². The van der Waals surface area contributed by atoms with E-state index in [0.717, 1.165) is 67.2 Å². The van der Waals surface area contributed by atoms with E-state index in [1.54, 1.807) is 0 Å². The molecule has 0 radical (unpaired) electrons. The zero-order valence-electron chi connectivity index (χ0n) is 18.8. The van der Waals surface area contributed by atoms with Crippen molar-refractivity contribution in [1.82, 2.24) is 35.0 Å². The van der Waals surface area contributed by atoms with Gasteiger partial charge in [0, 0.05) is 62.3 Å². The summed E-state index contributed by atoms with van der Waals surface area (Å²) in [7, 11) is 0. The molecule has 0 atom stereocenters. The maximum absolute atomic E-state index is 5.84. The number of nitrogens with two attached hydrogens (primary N) is 1. The maximum atomic E-state index is 5.84. The highest BCUT2D eigenvalue weighted by Gasteiger charge is 2.16. The smallest absolute Gasteiger partial charge is 0.172 e. The summed E-state index contributed by atoms with van der Waals surface area (Å²) in [5, 5.41) is 13.7. The maximum Gasteiger partial charge on any atom is 0.172 e. The van der Waals surface area contributed by atoms with E-state index in [0.29, 0.717) is 11.2 Å². The lowest BCUT2D eigenvalue weighted by Crippen LogP contribution is -2.49. The van der Waals surface area contributed by atoms with Gasteiger partial charge in [0.05, 0.1) is 23.8 Å². The first-order chi connectivity index (χ1) is 16.1. The van der Waals surface area contributed by atoms with Crippen molar-refractivity contribution in [1.29, 1.82) is 0 Å². The van der Waals surface area contributed by atoms with Crippen LogP contribution in [0, 0.1) is 0 Å². The summed E-state index contributed by atoms with van der Waals surface area (Å²) in [5.74, 6) is 6.57. The average Bonchev–Trinajstić information content (AvgIpc) is 3.50. The standard InChI is InChI=1S/C23H31N9S/c24-31-10-7-30(8-11-31)9-12-32-16-18(15-26-32)17-13-21-20(25-14-17)5-6-22(28-21)29-23(33)27-19-3-1-2-4-19/h5-6,13-16,19H,1-4,7-12,24H2,(H2,27,28,29,33).